The Balaban J connectivity index is 1.89. The molecule has 31 heavy (non-hydrogen) atoms. The molecule has 1 saturated carbocycles. The highest BCUT2D eigenvalue weighted by Gasteiger charge is 2.50. The van der Waals surface area contributed by atoms with E-state index in [1.54, 1.807) is 0 Å². The summed E-state index contributed by atoms with van der Waals surface area (Å²) in [7, 11) is 0. The van der Waals surface area contributed by atoms with Gasteiger partial charge in [0.15, 0.2) is 0 Å². The Bertz CT molecular complexity index is 847. The highest BCUT2D eigenvalue weighted by Crippen LogP contribution is 2.60. The Morgan fingerprint density at radius 2 is 1.81 bits per heavy atom. The fraction of sp³-hybridized carbons (Fsp3) is 0.636. The van der Waals surface area contributed by atoms with E-state index in [1.807, 2.05) is 13.0 Å². The van der Waals surface area contributed by atoms with E-state index in [0.717, 1.165) is 32.1 Å². The Hall–Kier alpha value is -2.68. The zero-order chi connectivity index (χ0) is 22.7. The highest BCUT2D eigenvalue weighted by atomic mass is 17.0. The molecule has 2 aliphatic rings. The lowest BCUT2D eigenvalue weighted by Crippen LogP contribution is -2.46. The minimum atomic E-state index is -1.02. The first-order valence-corrected chi connectivity index (χ1v) is 10.6. The standard InChI is InChI=1S/C22H31N3O6/c1-20(13-19(31-25(28)29)14-30-24(26)27)10-17-11-21(2,18-6-4-3-5-7-18)16-22(12-17,15-20)8-9-23/h3-7,10,19H,8-9,11-16,23H2,1-2H3. The number of fused-ring (bicyclic) bond motifs is 2. The van der Waals surface area contributed by atoms with E-state index >= 15 is 0 Å². The molecule has 4 atom stereocenters. The first-order chi connectivity index (χ1) is 14.6. The Kier molecular flexibility index (Phi) is 6.54. The molecule has 0 aliphatic heterocycles. The number of hydrogen-bond acceptors (Lipinski definition) is 7. The minimum absolute atomic E-state index is 0.00664. The molecule has 0 aromatic heterocycles. The van der Waals surface area contributed by atoms with E-state index in [2.05, 4.69) is 42.1 Å². The highest BCUT2D eigenvalue weighted by molar-refractivity contribution is 5.33. The lowest BCUT2D eigenvalue weighted by atomic mass is 9.50. The molecule has 9 nitrogen and oxygen atoms in total. The molecule has 1 aromatic rings. The van der Waals surface area contributed by atoms with Crippen molar-refractivity contribution in [3.8, 4) is 0 Å². The molecule has 0 radical (unpaired) electrons. The third-order valence-electron chi connectivity index (χ3n) is 6.76. The molecule has 170 valence electrons. The molecule has 9 heteroatoms. The van der Waals surface area contributed by atoms with Gasteiger partial charge in [-0.3, -0.25) is 0 Å². The molecule has 0 saturated heterocycles. The van der Waals surface area contributed by atoms with Crippen molar-refractivity contribution in [2.45, 2.75) is 63.9 Å². The summed E-state index contributed by atoms with van der Waals surface area (Å²) in [6, 6.07) is 10.5. The molecule has 1 fully saturated rings. The van der Waals surface area contributed by atoms with Gasteiger partial charge in [0, 0.05) is 0 Å². The van der Waals surface area contributed by atoms with Gasteiger partial charge in [-0.2, -0.15) is 0 Å². The number of benzene rings is 1. The second-order valence-electron chi connectivity index (χ2n) is 9.80. The fourth-order valence-electron chi connectivity index (χ4n) is 6.29. The quantitative estimate of drug-likeness (QED) is 0.335. The van der Waals surface area contributed by atoms with Gasteiger partial charge in [-0.1, -0.05) is 55.8 Å². The van der Waals surface area contributed by atoms with Crippen molar-refractivity contribution in [3.05, 3.63) is 67.8 Å². The van der Waals surface area contributed by atoms with Gasteiger partial charge in [0.25, 0.3) is 10.2 Å². The molecule has 2 aliphatic carbocycles. The number of rotatable bonds is 10. The maximum atomic E-state index is 10.9. The summed E-state index contributed by atoms with van der Waals surface area (Å²) in [5, 5.41) is 19.7. The van der Waals surface area contributed by atoms with E-state index in [1.165, 1.54) is 11.1 Å². The average molecular weight is 434 g/mol. The molecule has 0 heterocycles. The first kappa shape index (κ1) is 23.0. The van der Waals surface area contributed by atoms with Crippen molar-refractivity contribution in [2.24, 2.45) is 16.6 Å². The van der Waals surface area contributed by atoms with Crippen LogP contribution in [0.2, 0.25) is 0 Å². The number of nitrogens with zero attached hydrogens (tertiary/aromatic N) is 2. The number of allylic oxidation sites excluding steroid dienone is 2. The smallest absolute Gasteiger partial charge is 0.294 e. The molecular formula is C22H31N3O6. The fourth-order valence-corrected chi connectivity index (χ4v) is 6.29. The molecule has 4 unspecified atom stereocenters. The van der Waals surface area contributed by atoms with E-state index < -0.39 is 28.3 Å². The van der Waals surface area contributed by atoms with Gasteiger partial charge >= 0.3 is 0 Å². The topological polar surface area (TPSA) is 131 Å². The summed E-state index contributed by atoms with van der Waals surface area (Å²) in [5.41, 5.74) is 8.21. The van der Waals surface area contributed by atoms with Gasteiger partial charge in [-0.05, 0) is 66.9 Å². The van der Waals surface area contributed by atoms with Crippen molar-refractivity contribution >= 4 is 0 Å². The predicted molar refractivity (Wildman–Crippen MR) is 114 cm³/mol. The van der Waals surface area contributed by atoms with Crippen molar-refractivity contribution in [1.82, 2.24) is 0 Å². The molecule has 2 N–H and O–H groups in total. The molecule has 1 aromatic carbocycles. The van der Waals surface area contributed by atoms with Crippen molar-refractivity contribution in [3.63, 3.8) is 0 Å². The molecule has 0 spiro atoms. The number of hydrogen-bond donors (Lipinski definition) is 1. The van der Waals surface area contributed by atoms with E-state index in [0.29, 0.717) is 6.54 Å². The lowest BCUT2D eigenvalue weighted by Gasteiger charge is -2.55. The molecule has 3 rings (SSSR count). The van der Waals surface area contributed by atoms with Crippen molar-refractivity contribution in [1.29, 1.82) is 0 Å². The lowest BCUT2D eigenvalue weighted by molar-refractivity contribution is -0.790. The van der Waals surface area contributed by atoms with Gasteiger partial charge < -0.3 is 15.4 Å². The first-order valence-electron chi connectivity index (χ1n) is 10.6. The Labute approximate surface area is 181 Å². The van der Waals surface area contributed by atoms with Gasteiger partial charge in [0.1, 0.15) is 12.7 Å². The predicted octanol–water partition coefficient (Wildman–Crippen LogP) is 3.98. The largest absolute Gasteiger partial charge is 0.330 e. The summed E-state index contributed by atoms with van der Waals surface area (Å²) in [5.74, 6) is 0. The zero-order valence-electron chi connectivity index (χ0n) is 18.1. The maximum Gasteiger partial charge on any atom is 0.294 e. The van der Waals surface area contributed by atoms with E-state index in [-0.39, 0.29) is 17.3 Å². The van der Waals surface area contributed by atoms with Gasteiger partial charge in [-0.25, -0.2) is 0 Å². The summed E-state index contributed by atoms with van der Waals surface area (Å²) >= 11 is 0. The molecule has 2 bridgehead atoms. The van der Waals surface area contributed by atoms with Crippen LogP contribution in [-0.2, 0) is 15.1 Å². The molecular weight excluding hydrogens is 402 g/mol. The third kappa shape index (κ3) is 5.52. The van der Waals surface area contributed by atoms with E-state index in [4.69, 9.17) is 10.6 Å². The Morgan fingerprint density at radius 1 is 1.10 bits per heavy atom. The van der Waals surface area contributed by atoms with Crippen molar-refractivity contribution < 1.29 is 19.8 Å². The maximum absolute atomic E-state index is 10.9. The van der Waals surface area contributed by atoms with Crippen LogP contribution in [0.3, 0.4) is 0 Å². The SMILES string of the molecule is CC1(CC(CO[N+](=O)[O-])O[N+](=O)[O-])C=C2CC(CCN)(C1)CC(C)(c1ccccc1)C2. The van der Waals surface area contributed by atoms with Crippen LogP contribution < -0.4 is 5.73 Å². The summed E-state index contributed by atoms with van der Waals surface area (Å²) in [6.07, 6.45) is 5.95. The second-order valence-corrected chi connectivity index (χ2v) is 9.80. The van der Waals surface area contributed by atoms with Crippen LogP contribution in [0.15, 0.2) is 42.0 Å². The van der Waals surface area contributed by atoms with Crippen LogP contribution in [0.5, 0.6) is 0 Å². The number of nitrogens with two attached hydrogens (primary N) is 1. The van der Waals surface area contributed by atoms with Crippen molar-refractivity contribution in [2.75, 3.05) is 13.2 Å². The summed E-state index contributed by atoms with van der Waals surface area (Å²) < 4.78 is 0. The van der Waals surface area contributed by atoms with Crippen LogP contribution in [0.1, 0.15) is 57.9 Å². The second kappa shape index (κ2) is 8.82. The molecule has 0 amide bonds. The van der Waals surface area contributed by atoms with Crippen LogP contribution in [0, 0.1) is 31.1 Å². The normalized spacial score (nSPS) is 30.7. The van der Waals surface area contributed by atoms with Crippen LogP contribution >= 0.6 is 0 Å². The van der Waals surface area contributed by atoms with Gasteiger partial charge in [-0.15, -0.1) is 20.2 Å². The minimum Gasteiger partial charge on any atom is -0.330 e. The average Bonchev–Trinajstić information content (AvgIpc) is 2.65. The van der Waals surface area contributed by atoms with Crippen LogP contribution in [0.25, 0.3) is 0 Å². The third-order valence-corrected chi connectivity index (χ3v) is 6.76. The van der Waals surface area contributed by atoms with Crippen LogP contribution in [0.4, 0.5) is 0 Å². The monoisotopic (exact) mass is 433 g/mol. The van der Waals surface area contributed by atoms with Crippen LogP contribution in [-0.4, -0.2) is 29.4 Å². The Morgan fingerprint density at radius 3 is 2.42 bits per heavy atom. The van der Waals surface area contributed by atoms with Gasteiger partial charge in [0.2, 0.25) is 0 Å². The zero-order valence-corrected chi connectivity index (χ0v) is 18.1. The van der Waals surface area contributed by atoms with Gasteiger partial charge in [0.05, 0.1) is 0 Å². The van der Waals surface area contributed by atoms with E-state index in [9.17, 15) is 20.2 Å². The summed E-state index contributed by atoms with van der Waals surface area (Å²) in [6.45, 7) is 4.43. The summed E-state index contributed by atoms with van der Waals surface area (Å²) in [4.78, 5) is 30.7.